The summed E-state index contributed by atoms with van der Waals surface area (Å²) in [6.07, 6.45) is 0. The van der Waals surface area contributed by atoms with Crippen molar-refractivity contribution in [2.24, 2.45) is 0 Å². The van der Waals surface area contributed by atoms with Gasteiger partial charge in [-0.15, -0.1) is 11.3 Å². The molecule has 12 rings (SSSR count). The van der Waals surface area contributed by atoms with Crippen LogP contribution in [0.1, 0.15) is 0 Å². The van der Waals surface area contributed by atoms with Crippen LogP contribution >= 0.6 is 11.3 Å². The zero-order chi connectivity index (χ0) is 37.5. The number of fused-ring (bicyclic) bond motifs is 9. The highest BCUT2D eigenvalue weighted by Gasteiger charge is 2.18. The van der Waals surface area contributed by atoms with Crippen LogP contribution in [0.5, 0.6) is 0 Å². The summed E-state index contributed by atoms with van der Waals surface area (Å²) < 4.78 is 7.50. The molecule has 0 saturated heterocycles. The van der Waals surface area contributed by atoms with Gasteiger partial charge in [-0.1, -0.05) is 133 Å². The molecule has 9 aromatic carbocycles. The molecule has 0 unspecified atom stereocenters. The summed E-state index contributed by atoms with van der Waals surface area (Å²) in [6, 6.07) is 75.7. The molecule has 0 saturated carbocycles. The lowest BCUT2D eigenvalue weighted by atomic mass is 10.00. The summed E-state index contributed by atoms with van der Waals surface area (Å²) >= 11 is 1.88. The molecule has 0 aliphatic heterocycles. The average Bonchev–Trinajstić information content (AvgIpc) is 3.93. The van der Waals surface area contributed by atoms with Crippen molar-refractivity contribution in [1.29, 1.82) is 0 Å². The molecular weight excluding hydrogens is 709 g/mol. The summed E-state index contributed by atoms with van der Waals surface area (Å²) in [4.78, 5) is 0. The number of benzene rings is 9. The summed E-state index contributed by atoms with van der Waals surface area (Å²) in [7, 11) is 0. The van der Waals surface area contributed by atoms with E-state index in [-0.39, 0.29) is 0 Å². The first-order valence-corrected chi connectivity index (χ1v) is 20.3. The van der Waals surface area contributed by atoms with Crippen LogP contribution in [0.25, 0.3) is 109 Å². The Hall–Kier alpha value is -7.20. The van der Waals surface area contributed by atoms with Gasteiger partial charge in [0.1, 0.15) is 0 Å². The van der Waals surface area contributed by atoms with Gasteiger partial charge in [-0.25, -0.2) is 0 Å². The van der Waals surface area contributed by atoms with E-state index in [9.17, 15) is 0 Å². The Balaban J connectivity index is 1.05. The van der Waals surface area contributed by atoms with Crippen LogP contribution in [-0.2, 0) is 0 Å². The Labute approximate surface area is 333 Å². The first-order valence-electron chi connectivity index (χ1n) is 19.5. The van der Waals surface area contributed by atoms with Crippen molar-refractivity contribution in [1.82, 2.24) is 9.13 Å². The fourth-order valence-corrected chi connectivity index (χ4v) is 10.1. The van der Waals surface area contributed by atoms with E-state index in [0.717, 1.165) is 11.4 Å². The lowest BCUT2D eigenvalue weighted by Gasteiger charge is -2.11. The van der Waals surface area contributed by atoms with Crippen LogP contribution in [0.3, 0.4) is 0 Å². The van der Waals surface area contributed by atoms with E-state index in [1.54, 1.807) is 0 Å². The number of hydrogen-bond acceptors (Lipinski definition) is 1. The number of hydrogen-bond donors (Lipinski definition) is 0. The quantitative estimate of drug-likeness (QED) is 0.166. The van der Waals surface area contributed by atoms with Gasteiger partial charge in [0, 0.05) is 53.1 Å². The Morgan fingerprint density at radius 1 is 0.246 bits per heavy atom. The Morgan fingerprint density at radius 3 is 1.49 bits per heavy atom. The predicted molar refractivity (Wildman–Crippen MR) is 244 cm³/mol. The first kappa shape index (κ1) is 32.1. The molecule has 0 fully saturated rings. The Morgan fingerprint density at radius 2 is 0.754 bits per heavy atom. The second kappa shape index (κ2) is 12.7. The molecule has 2 nitrogen and oxygen atoms in total. The molecule has 0 N–H and O–H groups in total. The summed E-state index contributed by atoms with van der Waals surface area (Å²) in [5.41, 5.74) is 14.5. The fraction of sp³-hybridized carbons (Fsp3) is 0. The third-order valence-electron chi connectivity index (χ3n) is 11.7. The van der Waals surface area contributed by atoms with E-state index in [0.29, 0.717) is 0 Å². The van der Waals surface area contributed by atoms with Crippen molar-refractivity contribution in [3.63, 3.8) is 0 Å². The van der Waals surface area contributed by atoms with E-state index >= 15 is 0 Å². The third kappa shape index (κ3) is 5.10. The van der Waals surface area contributed by atoms with Gasteiger partial charge in [0.05, 0.1) is 22.1 Å². The van der Waals surface area contributed by atoms with Crippen LogP contribution < -0.4 is 0 Å². The molecule has 3 heterocycles. The number of rotatable bonds is 5. The highest BCUT2D eigenvalue weighted by Crippen LogP contribution is 2.43. The van der Waals surface area contributed by atoms with Crippen molar-refractivity contribution in [2.75, 3.05) is 0 Å². The number of nitrogens with zero attached hydrogens (tertiary/aromatic N) is 2. The molecular formula is C54H34N2S. The van der Waals surface area contributed by atoms with Crippen molar-refractivity contribution in [3.8, 4) is 44.8 Å². The van der Waals surface area contributed by atoms with Crippen LogP contribution in [0.4, 0.5) is 0 Å². The monoisotopic (exact) mass is 742 g/mol. The third-order valence-corrected chi connectivity index (χ3v) is 12.8. The van der Waals surface area contributed by atoms with Gasteiger partial charge in [0.2, 0.25) is 0 Å². The van der Waals surface area contributed by atoms with Crippen molar-refractivity contribution in [3.05, 3.63) is 206 Å². The average molecular weight is 743 g/mol. The van der Waals surface area contributed by atoms with E-state index in [1.165, 1.54) is 97.2 Å². The van der Waals surface area contributed by atoms with Gasteiger partial charge < -0.3 is 9.13 Å². The Bertz CT molecular complexity index is 3490. The zero-order valence-corrected chi connectivity index (χ0v) is 31.7. The van der Waals surface area contributed by atoms with Crippen molar-refractivity contribution in [2.45, 2.75) is 0 Å². The van der Waals surface area contributed by atoms with E-state index in [2.05, 4.69) is 215 Å². The molecule has 12 aromatic rings. The first-order chi connectivity index (χ1) is 28.2. The van der Waals surface area contributed by atoms with Gasteiger partial charge in [-0.3, -0.25) is 0 Å². The lowest BCUT2D eigenvalue weighted by Crippen LogP contribution is -1.94. The molecule has 0 radical (unpaired) electrons. The minimum atomic E-state index is 1.16. The van der Waals surface area contributed by atoms with E-state index in [4.69, 9.17) is 0 Å². The molecule has 0 aliphatic rings. The maximum atomic E-state index is 2.46. The molecule has 266 valence electrons. The minimum Gasteiger partial charge on any atom is -0.309 e. The van der Waals surface area contributed by atoms with Gasteiger partial charge in [0.25, 0.3) is 0 Å². The van der Waals surface area contributed by atoms with Gasteiger partial charge in [-0.2, -0.15) is 0 Å². The second-order valence-corrected chi connectivity index (χ2v) is 16.0. The second-order valence-electron chi connectivity index (χ2n) is 14.9. The maximum Gasteiger partial charge on any atom is 0.0555 e. The topological polar surface area (TPSA) is 9.86 Å². The highest BCUT2D eigenvalue weighted by molar-refractivity contribution is 7.25. The summed E-state index contributed by atoms with van der Waals surface area (Å²) in [5.74, 6) is 0. The SMILES string of the molecule is c1ccc(-c2ccc(-n3c4ccccc4c4cc(-c5ccc6c(c5)c5cc7c(cc5n6-c5cccc(-c6ccccc6)c5)sc5ccccc57)ccc43)cc2)cc1. The summed E-state index contributed by atoms with van der Waals surface area (Å²) in [5, 5.41) is 7.66. The molecule has 0 amide bonds. The number of thiophene rings is 1. The standard InChI is InChI=1S/C54H34N2S/c1-3-12-35(13-4-1)37-22-26-41(27-23-37)55-49-20-9-7-18-43(49)45-31-39(24-28-50(45)55)40-25-29-51-46(32-40)47-33-48-44-19-8-10-21-53(44)57-54(48)34-52(47)56(51)42-17-11-16-38(30-42)36-14-5-2-6-15-36/h1-34H. The normalized spacial score (nSPS) is 11.9. The van der Waals surface area contributed by atoms with Crippen LogP contribution in [-0.4, -0.2) is 9.13 Å². The Kier molecular flexibility index (Phi) is 7.13. The molecule has 3 aromatic heterocycles. The molecule has 3 heteroatoms. The van der Waals surface area contributed by atoms with Gasteiger partial charge in [-0.05, 0) is 106 Å². The summed E-state index contributed by atoms with van der Waals surface area (Å²) in [6.45, 7) is 0. The van der Waals surface area contributed by atoms with Gasteiger partial charge >= 0.3 is 0 Å². The maximum absolute atomic E-state index is 2.46. The minimum absolute atomic E-state index is 1.16. The van der Waals surface area contributed by atoms with Crippen LogP contribution in [0, 0.1) is 0 Å². The zero-order valence-electron chi connectivity index (χ0n) is 30.9. The number of para-hydroxylation sites is 1. The molecule has 0 spiro atoms. The predicted octanol–water partition coefficient (Wildman–Crippen LogP) is 15.2. The van der Waals surface area contributed by atoms with Gasteiger partial charge in [0.15, 0.2) is 0 Å². The molecule has 0 aliphatic carbocycles. The van der Waals surface area contributed by atoms with Crippen LogP contribution in [0.2, 0.25) is 0 Å². The smallest absolute Gasteiger partial charge is 0.0555 e. The molecule has 0 atom stereocenters. The van der Waals surface area contributed by atoms with Crippen molar-refractivity contribution >= 4 is 75.1 Å². The highest BCUT2D eigenvalue weighted by atomic mass is 32.1. The van der Waals surface area contributed by atoms with Crippen LogP contribution in [0.15, 0.2) is 206 Å². The largest absolute Gasteiger partial charge is 0.309 e. The molecule has 0 bridgehead atoms. The lowest BCUT2D eigenvalue weighted by molar-refractivity contribution is 1.18. The van der Waals surface area contributed by atoms with Crippen molar-refractivity contribution < 1.29 is 0 Å². The van der Waals surface area contributed by atoms with E-state index in [1.807, 2.05) is 11.3 Å². The number of aromatic nitrogens is 2. The fourth-order valence-electron chi connectivity index (χ4n) is 9.01. The molecule has 57 heavy (non-hydrogen) atoms. The van der Waals surface area contributed by atoms with E-state index < -0.39 is 0 Å².